The monoisotopic (exact) mass is 372 g/mol. The van der Waals surface area contributed by atoms with E-state index >= 15 is 0 Å². The first kappa shape index (κ1) is 19.4. The molecular formula is C20H28N4O3. The van der Waals surface area contributed by atoms with Crippen LogP contribution in [0.25, 0.3) is 0 Å². The summed E-state index contributed by atoms with van der Waals surface area (Å²) in [6, 6.07) is 9.85. The zero-order valence-corrected chi connectivity index (χ0v) is 15.9. The summed E-state index contributed by atoms with van der Waals surface area (Å²) in [4.78, 5) is 14.2. The molecule has 3 rings (SSSR count). The van der Waals surface area contributed by atoms with E-state index in [2.05, 4.69) is 15.5 Å². The number of amides is 1. The van der Waals surface area contributed by atoms with Crippen LogP contribution in [0.4, 0.5) is 0 Å². The molecule has 1 aliphatic heterocycles. The molecule has 0 unspecified atom stereocenters. The van der Waals surface area contributed by atoms with Crippen LogP contribution in [0.2, 0.25) is 0 Å². The number of rotatable bonds is 8. The van der Waals surface area contributed by atoms with E-state index in [1.807, 2.05) is 42.2 Å². The van der Waals surface area contributed by atoms with Crippen LogP contribution >= 0.6 is 0 Å². The maximum Gasteiger partial charge on any atom is 0.234 e. The van der Waals surface area contributed by atoms with Gasteiger partial charge in [-0.15, -0.1) is 0 Å². The lowest BCUT2D eigenvalue weighted by Crippen LogP contribution is -2.37. The Bertz CT molecular complexity index is 744. The Morgan fingerprint density at radius 1 is 1.37 bits per heavy atom. The summed E-state index contributed by atoms with van der Waals surface area (Å²) < 4.78 is 5.14. The Morgan fingerprint density at radius 3 is 2.81 bits per heavy atom. The van der Waals surface area contributed by atoms with Gasteiger partial charge in [-0.05, 0) is 43.5 Å². The molecular weight excluding hydrogens is 344 g/mol. The van der Waals surface area contributed by atoms with Crippen molar-refractivity contribution < 1.29 is 14.6 Å². The van der Waals surface area contributed by atoms with E-state index in [9.17, 15) is 9.90 Å². The van der Waals surface area contributed by atoms with Gasteiger partial charge in [0.1, 0.15) is 5.75 Å². The van der Waals surface area contributed by atoms with E-state index in [0.717, 1.165) is 35.5 Å². The van der Waals surface area contributed by atoms with Crippen LogP contribution in [0.3, 0.4) is 0 Å². The van der Waals surface area contributed by atoms with E-state index < -0.39 is 6.10 Å². The molecule has 0 saturated carbocycles. The Balaban J connectivity index is 1.38. The van der Waals surface area contributed by atoms with Gasteiger partial charge < -0.3 is 15.2 Å². The van der Waals surface area contributed by atoms with Gasteiger partial charge in [-0.2, -0.15) is 5.10 Å². The number of H-pyrrole nitrogens is 1. The molecule has 1 aromatic heterocycles. The number of hydrogen-bond acceptors (Lipinski definition) is 5. The van der Waals surface area contributed by atoms with Crippen molar-refractivity contribution in [1.82, 2.24) is 20.4 Å². The van der Waals surface area contributed by atoms with Crippen LogP contribution in [0.5, 0.6) is 5.75 Å². The van der Waals surface area contributed by atoms with Gasteiger partial charge in [0.25, 0.3) is 0 Å². The van der Waals surface area contributed by atoms with E-state index in [4.69, 9.17) is 4.74 Å². The molecule has 2 atom stereocenters. The fraction of sp³-hybridized carbons (Fsp3) is 0.500. The average molecular weight is 372 g/mol. The predicted octanol–water partition coefficient (Wildman–Crippen LogP) is 0.921. The molecule has 1 amide bonds. The van der Waals surface area contributed by atoms with Crippen molar-refractivity contribution in [2.24, 2.45) is 5.92 Å². The van der Waals surface area contributed by atoms with Gasteiger partial charge in [-0.1, -0.05) is 12.1 Å². The van der Waals surface area contributed by atoms with Crippen molar-refractivity contribution in [2.75, 3.05) is 33.3 Å². The molecule has 0 radical (unpaired) electrons. The van der Waals surface area contributed by atoms with Crippen LogP contribution < -0.4 is 10.1 Å². The normalized spacial score (nSPS) is 20.0. The fourth-order valence-electron chi connectivity index (χ4n) is 3.52. The number of methoxy groups -OCH3 is 1. The van der Waals surface area contributed by atoms with Crippen molar-refractivity contribution in [1.29, 1.82) is 0 Å². The molecule has 27 heavy (non-hydrogen) atoms. The standard InChI is InChI=1S/C20H28N4O3/c1-14-9-17(23-22-14)10-16-11-24(12-19(16)25)13-20(26)21-8-7-15-3-5-18(27-2)6-4-15/h3-6,9,16,19,25H,7-8,10-13H2,1-2H3,(H,21,26)(H,22,23)/t16-,19+/m1/s1. The number of carbonyl (C=O) groups excluding carboxylic acids is 1. The van der Waals surface area contributed by atoms with Crippen LogP contribution in [0.15, 0.2) is 30.3 Å². The molecule has 1 aliphatic rings. The van der Waals surface area contributed by atoms with Gasteiger partial charge in [-0.3, -0.25) is 14.8 Å². The maximum absolute atomic E-state index is 12.2. The summed E-state index contributed by atoms with van der Waals surface area (Å²) in [6.45, 7) is 4.11. The number of ether oxygens (including phenoxy) is 1. The molecule has 1 saturated heterocycles. The SMILES string of the molecule is COc1ccc(CCNC(=O)CN2C[C@@H](Cc3cc(C)[nH]n3)[C@@H](O)C2)cc1. The Labute approximate surface area is 159 Å². The minimum absolute atomic E-state index is 0.00743. The highest BCUT2D eigenvalue weighted by Gasteiger charge is 2.32. The molecule has 2 heterocycles. The van der Waals surface area contributed by atoms with Gasteiger partial charge in [0.05, 0.1) is 25.5 Å². The van der Waals surface area contributed by atoms with E-state index in [0.29, 0.717) is 26.2 Å². The first-order chi connectivity index (χ1) is 13.0. The van der Waals surface area contributed by atoms with Crippen molar-refractivity contribution in [3.05, 3.63) is 47.3 Å². The van der Waals surface area contributed by atoms with Crippen LogP contribution in [0.1, 0.15) is 17.0 Å². The minimum Gasteiger partial charge on any atom is -0.497 e. The number of carbonyl (C=O) groups is 1. The molecule has 7 nitrogen and oxygen atoms in total. The van der Waals surface area contributed by atoms with Crippen LogP contribution in [0, 0.1) is 12.8 Å². The van der Waals surface area contributed by atoms with E-state index in [-0.39, 0.29) is 11.8 Å². The Morgan fingerprint density at radius 2 is 2.15 bits per heavy atom. The number of aromatic nitrogens is 2. The summed E-state index contributed by atoms with van der Waals surface area (Å²) in [7, 11) is 1.64. The number of likely N-dealkylation sites (tertiary alicyclic amines) is 1. The minimum atomic E-state index is -0.422. The zero-order chi connectivity index (χ0) is 19.2. The molecule has 1 fully saturated rings. The second kappa shape index (κ2) is 9.01. The third-order valence-electron chi connectivity index (χ3n) is 4.97. The van der Waals surface area contributed by atoms with Gasteiger partial charge in [0.15, 0.2) is 0 Å². The van der Waals surface area contributed by atoms with Crippen molar-refractivity contribution in [3.63, 3.8) is 0 Å². The second-order valence-electron chi connectivity index (χ2n) is 7.22. The van der Waals surface area contributed by atoms with Gasteiger partial charge in [0.2, 0.25) is 5.91 Å². The first-order valence-corrected chi connectivity index (χ1v) is 9.34. The summed E-state index contributed by atoms with van der Waals surface area (Å²) in [5, 5.41) is 20.4. The van der Waals surface area contributed by atoms with E-state index in [1.165, 1.54) is 0 Å². The van der Waals surface area contributed by atoms with Gasteiger partial charge in [-0.25, -0.2) is 0 Å². The molecule has 0 spiro atoms. The third-order valence-corrected chi connectivity index (χ3v) is 4.97. The number of benzene rings is 1. The number of aliphatic hydroxyl groups is 1. The smallest absolute Gasteiger partial charge is 0.234 e. The molecule has 7 heteroatoms. The summed E-state index contributed by atoms with van der Waals surface area (Å²) >= 11 is 0. The summed E-state index contributed by atoms with van der Waals surface area (Å²) in [5.41, 5.74) is 3.13. The van der Waals surface area contributed by atoms with Crippen LogP contribution in [-0.2, 0) is 17.6 Å². The number of aliphatic hydroxyl groups excluding tert-OH is 1. The van der Waals surface area contributed by atoms with Crippen molar-refractivity contribution in [2.45, 2.75) is 25.9 Å². The van der Waals surface area contributed by atoms with Crippen molar-refractivity contribution in [3.8, 4) is 5.75 Å². The fourth-order valence-corrected chi connectivity index (χ4v) is 3.52. The van der Waals surface area contributed by atoms with E-state index in [1.54, 1.807) is 7.11 Å². The first-order valence-electron chi connectivity index (χ1n) is 9.34. The molecule has 0 aliphatic carbocycles. The van der Waals surface area contributed by atoms with Crippen molar-refractivity contribution >= 4 is 5.91 Å². The molecule has 3 N–H and O–H groups in total. The lowest BCUT2D eigenvalue weighted by Gasteiger charge is -2.15. The third kappa shape index (κ3) is 5.55. The lowest BCUT2D eigenvalue weighted by molar-refractivity contribution is -0.122. The van der Waals surface area contributed by atoms with Gasteiger partial charge in [0, 0.05) is 31.2 Å². The number of aryl methyl sites for hydroxylation is 1. The predicted molar refractivity (Wildman–Crippen MR) is 103 cm³/mol. The number of nitrogens with zero attached hydrogens (tertiary/aromatic N) is 2. The number of hydrogen-bond donors (Lipinski definition) is 3. The van der Waals surface area contributed by atoms with Crippen LogP contribution in [-0.4, -0.2) is 65.5 Å². The largest absolute Gasteiger partial charge is 0.497 e. The summed E-state index contributed by atoms with van der Waals surface area (Å²) in [5.74, 6) is 0.932. The number of β-amino-alcohol motifs (C(OH)–C–C–N with tert-alkyl or cyclic N) is 1. The van der Waals surface area contributed by atoms with Gasteiger partial charge >= 0.3 is 0 Å². The lowest BCUT2D eigenvalue weighted by atomic mass is 10.0. The maximum atomic E-state index is 12.2. The zero-order valence-electron chi connectivity index (χ0n) is 15.9. The Kier molecular flexibility index (Phi) is 6.47. The number of aromatic amines is 1. The highest BCUT2D eigenvalue weighted by atomic mass is 16.5. The molecule has 0 bridgehead atoms. The topological polar surface area (TPSA) is 90.5 Å². The molecule has 146 valence electrons. The highest BCUT2D eigenvalue weighted by molar-refractivity contribution is 5.78. The highest BCUT2D eigenvalue weighted by Crippen LogP contribution is 2.20. The summed E-state index contributed by atoms with van der Waals surface area (Å²) in [6.07, 6.45) is 1.08. The second-order valence-corrected chi connectivity index (χ2v) is 7.22. The number of nitrogens with one attached hydrogen (secondary N) is 2. The Hall–Kier alpha value is -2.38. The average Bonchev–Trinajstić information content (AvgIpc) is 3.21. The quantitative estimate of drug-likeness (QED) is 0.641. The molecule has 2 aromatic rings. The molecule has 1 aromatic carbocycles.